The molecule has 1 aromatic carbocycles. The number of anilines is 2. The van der Waals surface area contributed by atoms with E-state index in [1.54, 1.807) is 24.7 Å². The standard InChI is InChI=1S/C21H18FN5O/c1-11-6-18(27-13-7-24-20(25-8-13)12-2-3-12)23-9-15(11)14-4-5-17(22)19-16(14)10-26-21(19)28/h4-9,12H,2-3,10H2,1H3,(H,23,27)(H,26,28). The van der Waals surface area contributed by atoms with Crippen molar-refractivity contribution in [2.45, 2.75) is 32.2 Å². The molecule has 0 bridgehead atoms. The van der Waals surface area contributed by atoms with Crippen LogP contribution in [0.3, 0.4) is 0 Å². The molecule has 2 N–H and O–H groups in total. The van der Waals surface area contributed by atoms with E-state index in [4.69, 9.17) is 0 Å². The Morgan fingerprint density at radius 3 is 2.61 bits per heavy atom. The number of hydrogen-bond acceptors (Lipinski definition) is 5. The number of amides is 1. The fourth-order valence-corrected chi connectivity index (χ4v) is 3.57. The van der Waals surface area contributed by atoms with Crippen molar-refractivity contribution in [2.75, 3.05) is 5.32 Å². The van der Waals surface area contributed by atoms with Crippen LogP contribution in [0, 0.1) is 12.7 Å². The van der Waals surface area contributed by atoms with Gasteiger partial charge in [0.1, 0.15) is 17.5 Å². The molecule has 6 nitrogen and oxygen atoms in total. The molecule has 140 valence electrons. The number of benzene rings is 1. The molecule has 1 saturated carbocycles. The number of hydrogen-bond donors (Lipinski definition) is 2. The van der Waals surface area contributed by atoms with Crippen LogP contribution in [0.5, 0.6) is 0 Å². The van der Waals surface area contributed by atoms with Crippen molar-refractivity contribution < 1.29 is 9.18 Å². The second-order valence-corrected chi connectivity index (χ2v) is 7.24. The zero-order valence-corrected chi connectivity index (χ0v) is 15.3. The molecule has 0 atom stereocenters. The zero-order valence-electron chi connectivity index (χ0n) is 15.3. The van der Waals surface area contributed by atoms with Crippen molar-refractivity contribution in [1.82, 2.24) is 20.3 Å². The lowest BCUT2D eigenvalue weighted by molar-refractivity contribution is 0.0962. The average Bonchev–Trinajstić information content (AvgIpc) is 3.46. The van der Waals surface area contributed by atoms with Crippen LogP contribution in [0.25, 0.3) is 11.1 Å². The van der Waals surface area contributed by atoms with Crippen molar-refractivity contribution in [3.63, 3.8) is 0 Å². The molecule has 0 radical (unpaired) electrons. The van der Waals surface area contributed by atoms with Gasteiger partial charge in [0.15, 0.2) is 0 Å². The largest absolute Gasteiger partial charge is 0.348 e. The van der Waals surface area contributed by atoms with E-state index < -0.39 is 5.82 Å². The Labute approximate surface area is 161 Å². The number of nitrogens with zero attached hydrogens (tertiary/aromatic N) is 3. The molecule has 0 saturated heterocycles. The van der Waals surface area contributed by atoms with E-state index in [2.05, 4.69) is 25.6 Å². The van der Waals surface area contributed by atoms with Gasteiger partial charge in [-0.25, -0.2) is 19.3 Å². The summed E-state index contributed by atoms with van der Waals surface area (Å²) in [6, 6.07) is 4.96. The first-order valence-corrected chi connectivity index (χ1v) is 9.25. The third-order valence-electron chi connectivity index (χ3n) is 5.20. The number of carbonyl (C=O) groups is 1. The second-order valence-electron chi connectivity index (χ2n) is 7.24. The predicted molar refractivity (Wildman–Crippen MR) is 103 cm³/mol. The summed E-state index contributed by atoms with van der Waals surface area (Å²) in [7, 11) is 0. The molecule has 2 aromatic heterocycles. The molecule has 0 unspecified atom stereocenters. The molecular weight excluding hydrogens is 357 g/mol. The Morgan fingerprint density at radius 2 is 1.89 bits per heavy atom. The van der Waals surface area contributed by atoms with E-state index in [1.165, 1.54) is 18.9 Å². The van der Waals surface area contributed by atoms with Crippen LogP contribution in [0.2, 0.25) is 0 Å². The van der Waals surface area contributed by atoms with Gasteiger partial charge in [-0.1, -0.05) is 6.07 Å². The number of nitrogens with one attached hydrogen (secondary N) is 2. The van der Waals surface area contributed by atoms with Crippen LogP contribution in [0.1, 0.15) is 46.1 Å². The first-order valence-electron chi connectivity index (χ1n) is 9.25. The van der Waals surface area contributed by atoms with Gasteiger partial charge in [0.2, 0.25) is 0 Å². The maximum absolute atomic E-state index is 14.0. The van der Waals surface area contributed by atoms with Gasteiger partial charge in [-0.3, -0.25) is 4.79 Å². The molecule has 5 rings (SSSR count). The number of rotatable bonds is 4. The normalized spacial score (nSPS) is 15.3. The lowest BCUT2D eigenvalue weighted by Crippen LogP contribution is -2.13. The fraction of sp³-hybridized carbons (Fsp3) is 0.238. The molecule has 3 heterocycles. The third-order valence-corrected chi connectivity index (χ3v) is 5.20. The van der Waals surface area contributed by atoms with Crippen LogP contribution in [-0.4, -0.2) is 20.9 Å². The van der Waals surface area contributed by atoms with Crippen LogP contribution in [0.4, 0.5) is 15.9 Å². The Balaban J connectivity index is 1.43. The number of aryl methyl sites for hydroxylation is 1. The molecule has 1 aliphatic carbocycles. The highest BCUT2D eigenvalue weighted by atomic mass is 19.1. The summed E-state index contributed by atoms with van der Waals surface area (Å²) in [5.41, 5.74) is 4.26. The van der Waals surface area contributed by atoms with Gasteiger partial charge in [0.05, 0.1) is 23.6 Å². The van der Waals surface area contributed by atoms with Gasteiger partial charge < -0.3 is 10.6 Å². The van der Waals surface area contributed by atoms with Crippen LogP contribution >= 0.6 is 0 Å². The minimum Gasteiger partial charge on any atom is -0.348 e. The van der Waals surface area contributed by atoms with Crippen molar-refractivity contribution >= 4 is 17.4 Å². The molecule has 0 spiro atoms. The van der Waals surface area contributed by atoms with Gasteiger partial charge in [-0.15, -0.1) is 0 Å². The van der Waals surface area contributed by atoms with E-state index >= 15 is 0 Å². The van der Waals surface area contributed by atoms with E-state index in [0.29, 0.717) is 23.8 Å². The van der Waals surface area contributed by atoms with E-state index in [1.807, 2.05) is 13.0 Å². The SMILES string of the molecule is Cc1cc(Nc2cnc(C3CC3)nc2)ncc1-c1ccc(F)c2c1CNC2=O. The number of aromatic nitrogens is 3. The summed E-state index contributed by atoms with van der Waals surface area (Å²) in [5, 5.41) is 5.91. The van der Waals surface area contributed by atoms with E-state index in [9.17, 15) is 9.18 Å². The third kappa shape index (κ3) is 2.89. The van der Waals surface area contributed by atoms with Crippen molar-refractivity contribution in [1.29, 1.82) is 0 Å². The van der Waals surface area contributed by atoms with Crippen LogP contribution in [0.15, 0.2) is 36.8 Å². The minimum absolute atomic E-state index is 0.131. The number of fused-ring (bicyclic) bond motifs is 1. The van der Waals surface area contributed by atoms with Crippen LogP contribution < -0.4 is 10.6 Å². The van der Waals surface area contributed by atoms with E-state index in [0.717, 1.165) is 28.2 Å². The highest BCUT2D eigenvalue weighted by Crippen LogP contribution is 2.38. The van der Waals surface area contributed by atoms with Crippen LogP contribution in [-0.2, 0) is 6.54 Å². The summed E-state index contributed by atoms with van der Waals surface area (Å²) in [6.07, 6.45) is 7.63. The molecule has 3 aromatic rings. The van der Waals surface area contributed by atoms with Gasteiger partial charge in [-0.2, -0.15) is 0 Å². The van der Waals surface area contributed by atoms with Gasteiger partial charge in [0.25, 0.3) is 5.91 Å². The summed E-state index contributed by atoms with van der Waals surface area (Å²) in [4.78, 5) is 25.2. The predicted octanol–water partition coefficient (Wildman–Crippen LogP) is 3.85. The summed E-state index contributed by atoms with van der Waals surface area (Å²) < 4.78 is 14.0. The van der Waals surface area contributed by atoms with E-state index in [-0.39, 0.29) is 11.5 Å². The van der Waals surface area contributed by atoms with Gasteiger partial charge in [-0.05, 0) is 48.6 Å². The lowest BCUT2D eigenvalue weighted by atomic mass is 9.95. The molecule has 1 fully saturated rings. The second kappa shape index (κ2) is 6.37. The quantitative estimate of drug-likeness (QED) is 0.724. The minimum atomic E-state index is -0.493. The highest BCUT2D eigenvalue weighted by molar-refractivity contribution is 6.01. The highest BCUT2D eigenvalue weighted by Gasteiger charge is 2.27. The zero-order chi connectivity index (χ0) is 19.3. The molecule has 1 amide bonds. The van der Waals surface area contributed by atoms with Crippen molar-refractivity contribution in [2.24, 2.45) is 0 Å². The monoisotopic (exact) mass is 375 g/mol. The Bertz CT molecular complexity index is 1090. The van der Waals surface area contributed by atoms with Gasteiger partial charge >= 0.3 is 0 Å². The maximum atomic E-state index is 14.0. The Hall–Kier alpha value is -3.35. The van der Waals surface area contributed by atoms with Gasteiger partial charge in [0, 0.05) is 24.2 Å². The molecule has 2 aliphatic rings. The first kappa shape index (κ1) is 16.8. The fourth-order valence-electron chi connectivity index (χ4n) is 3.57. The van der Waals surface area contributed by atoms with Crippen molar-refractivity contribution in [3.05, 3.63) is 65.1 Å². The topological polar surface area (TPSA) is 79.8 Å². The number of carbonyl (C=O) groups excluding carboxylic acids is 1. The molecular formula is C21H18FN5O. The maximum Gasteiger partial charge on any atom is 0.254 e. The van der Waals surface area contributed by atoms with Crippen molar-refractivity contribution in [3.8, 4) is 11.1 Å². The Kier molecular flexibility index (Phi) is 3.82. The summed E-state index contributed by atoms with van der Waals surface area (Å²) in [5.74, 6) is 1.24. The number of halogens is 1. The average molecular weight is 375 g/mol. The molecule has 28 heavy (non-hydrogen) atoms. The molecule has 1 aliphatic heterocycles. The Morgan fingerprint density at radius 1 is 1.11 bits per heavy atom. The molecule has 7 heteroatoms. The lowest BCUT2D eigenvalue weighted by Gasteiger charge is -2.12. The summed E-state index contributed by atoms with van der Waals surface area (Å²) in [6.45, 7) is 2.29. The summed E-state index contributed by atoms with van der Waals surface area (Å²) >= 11 is 0. The first-order chi connectivity index (χ1) is 13.6. The number of pyridine rings is 1. The smallest absolute Gasteiger partial charge is 0.254 e.